The molecule has 0 unspecified atom stereocenters. The molecule has 4 aromatic carbocycles. The van der Waals surface area contributed by atoms with Gasteiger partial charge in [-0.3, -0.25) is 10.8 Å². The van der Waals surface area contributed by atoms with Gasteiger partial charge in [-0.15, -0.1) is 0 Å². The Morgan fingerprint density at radius 1 is 0.600 bits per heavy atom. The molecule has 3 N–H and O–H groups in total. The molecular weight excluding hydrogens is 372 g/mol. The van der Waals surface area contributed by atoms with E-state index < -0.39 is 0 Å². The van der Waals surface area contributed by atoms with Crippen molar-refractivity contribution >= 4 is 11.8 Å². The minimum absolute atomic E-state index is 0.107. The first kappa shape index (κ1) is 19.2. The lowest BCUT2D eigenvalue weighted by Gasteiger charge is -2.14. The first-order chi connectivity index (χ1) is 14.6. The first-order valence-corrected chi connectivity index (χ1v) is 9.51. The molecule has 0 spiro atoms. The Hall–Kier alpha value is -4.18. The lowest BCUT2D eigenvalue weighted by molar-refractivity contribution is 0.475. The summed E-state index contributed by atoms with van der Waals surface area (Å²) in [7, 11) is 0. The maximum Gasteiger partial charge on any atom is 0.221 e. The van der Waals surface area contributed by atoms with Crippen molar-refractivity contribution < 1.29 is 9.84 Å². The van der Waals surface area contributed by atoms with Gasteiger partial charge in [-0.25, -0.2) is 0 Å². The molecule has 0 atom stereocenters. The highest BCUT2D eigenvalue weighted by Crippen LogP contribution is 2.30. The molecule has 30 heavy (non-hydrogen) atoms. The van der Waals surface area contributed by atoms with Crippen molar-refractivity contribution in [1.82, 2.24) is 0 Å². The summed E-state index contributed by atoms with van der Waals surface area (Å²) in [4.78, 5) is 0. The fraction of sp³-hybridized carbons (Fsp3) is 0. The van der Waals surface area contributed by atoms with Crippen molar-refractivity contribution in [2.45, 2.75) is 0 Å². The summed E-state index contributed by atoms with van der Waals surface area (Å²) in [6, 6.07) is 31.9. The topological polar surface area (TPSA) is 77.2 Å². The smallest absolute Gasteiger partial charge is 0.221 e. The van der Waals surface area contributed by atoms with Crippen LogP contribution < -0.4 is 0 Å². The van der Waals surface area contributed by atoms with Gasteiger partial charge in [-0.1, -0.05) is 72.8 Å². The second-order valence-electron chi connectivity index (χ2n) is 6.80. The van der Waals surface area contributed by atoms with E-state index in [1.165, 1.54) is 12.1 Å². The number of nitrogens with one attached hydrogen (secondary N) is 2. The number of rotatable bonds is 4. The Labute approximate surface area is 175 Å². The Kier molecular flexibility index (Phi) is 5.39. The average molecular weight is 392 g/mol. The average Bonchev–Trinajstić information content (AvgIpc) is 2.80. The third kappa shape index (κ3) is 4.13. The van der Waals surface area contributed by atoms with E-state index >= 15 is 0 Å². The molecule has 4 rings (SSSR count). The molecule has 0 amide bonds. The van der Waals surface area contributed by atoms with Crippen LogP contribution in [0.4, 0.5) is 0 Å². The molecular formula is C26H20N2O2. The summed E-state index contributed by atoms with van der Waals surface area (Å²) in [5, 5.41) is 26.3. The van der Waals surface area contributed by atoms with E-state index in [0.717, 1.165) is 22.3 Å². The highest BCUT2D eigenvalue weighted by molar-refractivity contribution is 6.08. The summed E-state index contributed by atoms with van der Waals surface area (Å²) < 4.78 is 5.60. The van der Waals surface area contributed by atoms with Gasteiger partial charge < -0.3 is 9.84 Å². The fourth-order valence-corrected chi connectivity index (χ4v) is 3.24. The third-order valence-electron chi connectivity index (χ3n) is 4.79. The van der Waals surface area contributed by atoms with Gasteiger partial charge in [0.2, 0.25) is 11.8 Å². The molecule has 0 saturated heterocycles. The Morgan fingerprint density at radius 2 is 1.20 bits per heavy atom. The van der Waals surface area contributed by atoms with Crippen LogP contribution in [-0.2, 0) is 4.74 Å². The number of phenolic OH excluding ortho intramolecular Hbond substituents is 1. The molecule has 146 valence electrons. The highest BCUT2D eigenvalue weighted by atomic mass is 16.5. The van der Waals surface area contributed by atoms with Crippen LogP contribution >= 0.6 is 0 Å². The predicted molar refractivity (Wildman–Crippen MR) is 120 cm³/mol. The molecule has 4 aromatic rings. The predicted octanol–water partition coefficient (Wildman–Crippen LogP) is 6.09. The van der Waals surface area contributed by atoms with E-state index in [2.05, 4.69) is 0 Å². The standard InChI is InChI=1S/C26H20N2O2/c27-25(20-11-14-22(29)15-12-20)30-26(28)24-17-21(18-7-3-1-4-8-18)13-16-23(24)19-9-5-2-6-10-19/h1-17,27-29H. The van der Waals surface area contributed by atoms with Crippen LogP contribution in [0.1, 0.15) is 11.1 Å². The zero-order valence-electron chi connectivity index (χ0n) is 16.2. The quantitative estimate of drug-likeness (QED) is 0.290. The summed E-state index contributed by atoms with van der Waals surface area (Å²) in [5.74, 6) is -0.141. The number of phenols is 1. The van der Waals surface area contributed by atoms with E-state index in [4.69, 9.17) is 15.6 Å². The largest absolute Gasteiger partial charge is 0.508 e. The minimum atomic E-state index is -0.149. The maximum atomic E-state index is 9.45. The Bertz CT molecular complexity index is 1180. The molecule has 4 heteroatoms. The zero-order chi connectivity index (χ0) is 20.9. The summed E-state index contributed by atoms with van der Waals surface area (Å²) in [5.41, 5.74) is 4.93. The van der Waals surface area contributed by atoms with Gasteiger partial charge in [0.1, 0.15) is 5.75 Å². The Balaban J connectivity index is 1.72. The fourth-order valence-electron chi connectivity index (χ4n) is 3.24. The van der Waals surface area contributed by atoms with Crippen LogP contribution in [-0.4, -0.2) is 16.9 Å². The number of benzene rings is 4. The van der Waals surface area contributed by atoms with Crippen molar-refractivity contribution in [1.29, 1.82) is 10.8 Å². The monoisotopic (exact) mass is 392 g/mol. The van der Waals surface area contributed by atoms with Crippen LogP contribution in [0.25, 0.3) is 22.3 Å². The van der Waals surface area contributed by atoms with Crippen molar-refractivity contribution in [2.24, 2.45) is 0 Å². The number of ether oxygens (including phenoxy) is 1. The van der Waals surface area contributed by atoms with Gasteiger partial charge in [-0.05, 0) is 52.6 Å². The maximum absolute atomic E-state index is 9.45. The second-order valence-corrected chi connectivity index (χ2v) is 6.80. The van der Waals surface area contributed by atoms with E-state index in [-0.39, 0.29) is 17.5 Å². The van der Waals surface area contributed by atoms with Crippen LogP contribution in [0.3, 0.4) is 0 Å². The number of aromatic hydroxyl groups is 1. The summed E-state index contributed by atoms with van der Waals surface area (Å²) >= 11 is 0. The van der Waals surface area contributed by atoms with E-state index in [1.54, 1.807) is 12.1 Å². The second kappa shape index (κ2) is 8.45. The summed E-state index contributed by atoms with van der Waals surface area (Å²) in [6.45, 7) is 0. The molecule has 0 saturated carbocycles. The molecule has 0 aromatic heterocycles. The van der Waals surface area contributed by atoms with Gasteiger partial charge in [0.25, 0.3) is 0 Å². The van der Waals surface area contributed by atoms with Gasteiger partial charge in [0.05, 0.1) is 0 Å². The first-order valence-electron chi connectivity index (χ1n) is 9.51. The van der Waals surface area contributed by atoms with Gasteiger partial charge >= 0.3 is 0 Å². The van der Waals surface area contributed by atoms with Crippen LogP contribution in [0.2, 0.25) is 0 Å². The molecule has 0 aliphatic heterocycles. The lowest BCUT2D eigenvalue weighted by atomic mass is 9.95. The molecule has 0 heterocycles. The molecule has 0 fully saturated rings. The van der Waals surface area contributed by atoms with Crippen LogP contribution in [0.5, 0.6) is 5.75 Å². The van der Waals surface area contributed by atoms with Crippen LogP contribution in [0.15, 0.2) is 103 Å². The van der Waals surface area contributed by atoms with Gasteiger partial charge in [-0.2, -0.15) is 0 Å². The SMILES string of the molecule is N=C(OC(=N)c1cc(-c2ccccc2)ccc1-c1ccccc1)c1ccc(O)cc1. The van der Waals surface area contributed by atoms with Gasteiger partial charge in [0, 0.05) is 11.1 Å². The van der Waals surface area contributed by atoms with Crippen LogP contribution in [0, 0.1) is 10.8 Å². The van der Waals surface area contributed by atoms with E-state index in [1.807, 2.05) is 78.9 Å². The molecule has 0 bridgehead atoms. The highest BCUT2D eigenvalue weighted by Gasteiger charge is 2.15. The van der Waals surface area contributed by atoms with Crippen molar-refractivity contribution in [2.75, 3.05) is 0 Å². The van der Waals surface area contributed by atoms with E-state index in [0.29, 0.717) is 11.1 Å². The van der Waals surface area contributed by atoms with Crippen molar-refractivity contribution in [3.8, 4) is 28.0 Å². The van der Waals surface area contributed by atoms with E-state index in [9.17, 15) is 5.11 Å². The molecule has 0 aliphatic rings. The third-order valence-corrected chi connectivity index (χ3v) is 4.79. The number of hydrogen-bond donors (Lipinski definition) is 3. The van der Waals surface area contributed by atoms with Crippen molar-refractivity contribution in [3.05, 3.63) is 114 Å². The Morgan fingerprint density at radius 3 is 1.83 bits per heavy atom. The molecule has 0 aliphatic carbocycles. The normalized spacial score (nSPS) is 10.4. The van der Waals surface area contributed by atoms with Gasteiger partial charge in [0.15, 0.2) is 0 Å². The molecule has 0 radical (unpaired) electrons. The van der Waals surface area contributed by atoms with Crippen molar-refractivity contribution in [3.63, 3.8) is 0 Å². The molecule has 4 nitrogen and oxygen atoms in total. The minimum Gasteiger partial charge on any atom is -0.508 e. The summed E-state index contributed by atoms with van der Waals surface area (Å²) in [6.07, 6.45) is 0. The number of hydrogen-bond acceptors (Lipinski definition) is 4. The lowest BCUT2D eigenvalue weighted by Crippen LogP contribution is -2.14. The zero-order valence-corrected chi connectivity index (χ0v) is 16.2.